The lowest BCUT2D eigenvalue weighted by Crippen LogP contribution is -2.43. The molecule has 1 aromatic carbocycles. The maximum atomic E-state index is 5.45. The molecule has 2 rings (SSSR count). The molecule has 0 spiro atoms. The SMILES string of the molecule is CN=C(NCc1ccc(C)cc1OC)NCC1CCCN(C)C1.I. The number of likely N-dealkylation sites (tertiary alicyclic amines) is 1. The van der Waals surface area contributed by atoms with Crippen molar-refractivity contribution in [1.29, 1.82) is 0 Å². The molecule has 0 amide bonds. The van der Waals surface area contributed by atoms with E-state index in [0.717, 1.165) is 30.4 Å². The third-order valence-corrected chi connectivity index (χ3v) is 4.39. The summed E-state index contributed by atoms with van der Waals surface area (Å²) in [7, 11) is 5.72. The van der Waals surface area contributed by atoms with Gasteiger partial charge in [0, 0.05) is 32.2 Å². The lowest BCUT2D eigenvalue weighted by atomic mass is 9.99. The predicted molar refractivity (Wildman–Crippen MR) is 112 cm³/mol. The Morgan fingerprint density at radius 3 is 2.83 bits per heavy atom. The average molecular weight is 446 g/mol. The molecule has 0 aliphatic carbocycles. The van der Waals surface area contributed by atoms with Crippen LogP contribution in [0.15, 0.2) is 23.2 Å². The Kier molecular flexibility index (Phi) is 9.43. The second-order valence-electron chi connectivity index (χ2n) is 6.39. The number of piperidine rings is 1. The van der Waals surface area contributed by atoms with E-state index in [9.17, 15) is 0 Å². The number of ether oxygens (including phenoxy) is 1. The second kappa shape index (κ2) is 10.8. The number of benzene rings is 1. The van der Waals surface area contributed by atoms with E-state index in [-0.39, 0.29) is 24.0 Å². The molecule has 2 N–H and O–H groups in total. The van der Waals surface area contributed by atoms with Gasteiger partial charge in [0.2, 0.25) is 0 Å². The zero-order valence-electron chi connectivity index (χ0n) is 15.3. The molecule has 6 heteroatoms. The van der Waals surface area contributed by atoms with Crippen LogP contribution in [0.2, 0.25) is 0 Å². The van der Waals surface area contributed by atoms with Crippen molar-refractivity contribution < 1.29 is 4.74 Å². The topological polar surface area (TPSA) is 48.9 Å². The molecule has 0 bridgehead atoms. The summed E-state index contributed by atoms with van der Waals surface area (Å²) in [5.74, 6) is 2.46. The minimum absolute atomic E-state index is 0. The first kappa shape index (κ1) is 21.0. The smallest absolute Gasteiger partial charge is 0.191 e. The summed E-state index contributed by atoms with van der Waals surface area (Å²) in [6.07, 6.45) is 2.58. The Balaban J connectivity index is 0.00000288. The number of aliphatic imine (C=N–C) groups is 1. The van der Waals surface area contributed by atoms with Crippen molar-refractivity contribution in [2.45, 2.75) is 26.3 Å². The summed E-state index contributed by atoms with van der Waals surface area (Å²) < 4.78 is 5.45. The standard InChI is InChI=1S/C18H30N4O.HI/c1-14-7-8-16(17(10-14)23-4)12-21-18(19-2)20-11-15-6-5-9-22(3)13-15;/h7-8,10,15H,5-6,9,11-13H2,1-4H3,(H2,19,20,21);1H. The third kappa shape index (κ3) is 6.47. The van der Waals surface area contributed by atoms with Crippen LogP contribution in [-0.2, 0) is 6.54 Å². The van der Waals surface area contributed by atoms with Crippen molar-refractivity contribution in [3.8, 4) is 5.75 Å². The van der Waals surface area contributed by atoms with Crippen LogP contribution in [0.1, 0.15) is 24.0 Å². The monoisotopic (exact) mass is 446 g/mol. The van der Waals surface area contributed by atoms with E-state index in [0.29, 0.717) is 12.5 Å². The van der Waals surface area contributed by atoms with Crippen LogP contribution < -0.4 is 15.4 Å². The lowest BCUT2D eigenvalue weighted by Gasteiger charge is -2.30. The van der Waals surface area contributed by atoms with Crippen molar-refractivity contribution in [3.05, 3.63) is 29.3 Å². The van der Waals surface area contributed by atoms with Crippen LogP contribution in [0, 0.1) is 12.8 Å². The van der Waals surface area contributed by atoms with Gasteiger partial charge >= 0.3 is 0 Å². The molecule has 0 saturated carbocycles. The minimum Gasteiger partial charge on any atom is -0.496 e. The van der Waals surface area contributed by atoms with Crippen LogP contribution in [0.5, 0.6) is 5.75 Å². The van der Waals surface area contributed by atoms with Crippen molar-refractivity contribution in [1.82, 2.24) is 15.5 Å². The minimum atomic E-state index is 0. The van der Waals surface area contributed by atoms with Gasteiger partial charge in [-0.1, -0.05) is 12.1 Å². The highest BCUT2D eigenvalue weighted by Gasteiger charge is 2.17. The molecule has 1 aliphatic rings. The molecule has 1 aromatic rings. The van der Waals surface area contributed by atoms with Gasteiger partial charge in [0.1, 0.15) is 5.75 Å². The second-order valence-corrected chi connectivity index (χ2v) is 6.39. The number of hydrogen-bond acceptors (Lipinski definition) is 3. The van der Waals surface area contributed by atoms with Gasteiger partial charge in [0.15, 0.2) is 5.96 Å². The molecule has 1 atom stereocenters. The summed E-state index contributed by atoms with van der Waals surface area (Å²) in [6.45, 7) is 6.12. The summed E-state index contributed by atoms with van der Waals surface area (Å²) in [5.41, 5.74) is 2.34. The highest BCUT2D eigenvalue weighted by atomic mass is 127. The predicted octanol–water partition coefficient (Wildman–Crippen LogP) is 2.63. The van der Waals surface area contributed by atoms with Gasteiger partial charge in [0.05, 0.1) is 7.11 Å². The Hall–Kier alpha value is -1.02. The fraction of sp³-hybridized carbons (Fsp3) is 0.611. The molecule has 0 radical (unpaired) electrons. The average Bonchev–Trinajstić information content (AvgIpc) is 2.56. The quantitative estimate of drug-likeness (QED) is 0.415. The summed E-state index contributed by atoms with van der Waals surface area (Å²) in [4.78, 5) is 6.73. The zero-order chi connectivity index (χ0) is 16.7. The number of methoxy groups -OCH3 is 1. The molecule has 5 nitrogen and oxygen atoms in total. The van der Waals surface area contributed by atoms with Crippen LogP contribution in [0.4, 0.5) is 0 Å². The van der Waals surface area contributed by atoms with Crippen molar-refractivity contribution in [3.63, 3.8) is 0 Å². The Morgan fingerprint density at radius 2 is 2.17 bits per heavy atom. The van der Waals surface area contributed by atoms with E-state index >= 15 is 0 Å². The van der Waals surface area contributed by atoms with E-state index in [1.165, 1.54) is 24.9 Å². The molecule has 136 valence electrons. The Labute approximate surface area is 163 Å². The molecular weight excluding hydrogens is 415 g/mol. The first-order valence-corrected chi connectivity index (χ1v) is 8.39. The van der Waals surface area contributed by atoms with Gasteiger partial charge in [-0.3, -0.25) is 4.99 Å². The van der Waals surface area contributed by atoms with Gasteiger partial charge in [-0.15, -0.1) is 24.0 Å². The van der Waals surface area contributed by atoms with E-state index in [4.69, 9.17) is 4.74 Å². The van der Waals surface area contributed by atoms with Gasteiger partial charge in [-0.05, 0) is 50.9 Å². The lowest BCUT2D eigenvalue weighted by molar-refractivity contribution is 0.210. The molecule has 1 saturated heterocycles. The third-order valence-electron chi connectivity index (χ3n) is 4.39. The van der Waals surface area contributed by atoms with Gasteiger partial charge in [-0.2, -0.15) is 0 Å². The summed E-state index contributed by atoms with van der Waals surface area (Å²) in [6, 6.07) is 6.27. The summed E-state index contributed by atoms with van der Waals surface area (Å²) in [5, 5.41) is 6.83. The Bertz CT molecular complexity index is 536. The Morgan fingerprint density at radius 1 is 1.38 bits per heavy atom. The highest BCUT2D eigenvalue weighted by molar-refractivity contribution is 14.0. The summed E-state index contributed by atoms with van der Waals surface area (Å²) >= 11 is 0. The molecule has 1 fully saturated rings. The number of guanidine groups is 1. The van der Waals surface area contributed by atoms with E-state index < -0.39 is 0 Å². The number of hydrogen-bond donors (Lipinski definition) is 2. The molecule has 0 aromatic heterocycles. The van der Waals surface area contributed by atoms with Gasteiger partial charge < -0.3 is 20.3 Å². The maximum absolute atomic E-state index is 5.45. The van der Waals surface area contributed by atoms with Crippen molar-refractivity contribution >= 4 is 29.9 Å². The first-order chi connectivity index (χ1) is 11.1. The van der Waals surface area contributed by atoms with Crippen LogP contribution in [0.25, 0.3) is 0 Å². The molecular formula is C18H31IN4O. The molecule has 1 aliphatic heterocycles. The molecule has 1 unspecified atom stereocenters. The van der Waals surface area contributed by atoms with E-state index in [2.05, 4.69) is 52.7 Å². The van der Waals surface area contributed by atoms with Crippen LogP contribution >= 0.6 is 24.0 Å². The number of nitrogens with one attached hydrogen (secondary N) is 2. The fourth-order valence-corrected chi connectivity index (χ4v) is 3.08. The van der Waals surface area contributed by atoms with Crippen LogP contribution in [-0.4, -0.2) is 51.7 Å². The van der Waals surface area contributed by atoms with Crippen molar-refractivity contribution in [2.24, 2.45) is 10.9 Å². The largest absolute Gasteiger partial charge is 0.496 e. The molecule has 1 heterocycles. The van der Waals surface area contributed by atoms with Crippen LogP contribution in [0.3, 0.4) is 0 Å². The molecule has 24 heavy (non-hydrogen) atoms. The fourth-order valence-electron chi connectivity index (χ4n) is 3.08. The van der Waals surface area contributed by atoms with E-state index in [1.54, 1.807) is 7.11 Å². The zero-order valence-corrected chi connectivity index (χ0v) is 17.6. The normalized spacial score (nSPS) is 18.7. The van der Waals surface area contributed by atoms with Gasteiger partial charge in [-0.25, -0.2) is 0 Å². The number of aryl methyl sites for hydroxylation is 1. The highest BCUT2D eigenvalue weighted by Crippen LogP contribution is 2.19. The van der Waals surface area contributed by atoms with E-state index in [1.807, 2.05) is 7.05 Å². The maximum Gasteiger partial charge on any atom is 0.191 e. The first-order valence-electron chi connectivity index (χ1n) is 8.39. The van der Waals surface area contributed by atoms with Crippen molar-refractivity contribution in [2.75, 3.05) is 40.8 Å². The number of rotatable bonds is 5. The number of nitrogens with zero attached hydrogens (tertiary/aromatic N) is 2. The van der Waals surface area contributed by atoms with Gasteiger partial charge in [0.25, 0.3) is 0 Å². The number of halogens is 1.